The molecule has 1 amide bonds. The fraction of sp³-hybridized carbons (Fsp3) is 0.385. The Morgan fingerprint density at radius 3 is 2.41 bits per heavy atom. The van der Waals surface area contributed by atoms with Crippen LogP contribution in [0, 0.1) is 0 Å². The van der Waals surface area contributed by atoms with E-state index in [4.69, 9.17) is 5.73 Å². The first-order valence-electron chi connectivity index (χ1n) is 5.44. The molecule has 0 atom stereocenters. The van der Waals surface area contributed by atoms with E-state index in [0.717, 1.165) is 16.7 Å². The Labute approximate surface area is 103 Å². The zero-order valence-electron chi connectivity index (χ0n) is 11.0. The summed E-state index contributed by atoms with van der Waals surface area (Å²) in [6.07, 6.45) is 3.95. The van der Waals surface area contributed by atoms with Crippen LogP contribution < -0.4 is 11.1 Å². The van der Waals surface area contributed by atoms with E-state index < -0.39 is 0 Å². The lowest BCUT2D eigenvalue weighted by Crippen LogP contribution is -2.35. The second-order valence-electron chi connectivity index (χ2n) is 3.82. The van der Waals surface area contributed by atoms with Crippen molar-refractivity contribution in [3.05, 3.63) is 35.5 Å². The van der Waals surface area contributed by atoms with Crippen molar-refractivity contribution in [1.82, 2.24) is 5.32 Å². The quantitative estimate of drug-likeness (QED) is 0.444. The summed E-state index contributed by atoms with van der Waals surface area (Å²) in [7, 11) is 0. The van der Waals surface area contributed by atoms with E-state index in [2.05, 4.69) is 16.9 Å². The molecule has 0 radical (unpaired) electrons. The predicted molar refractivity (Wildman–Crippen MR) is 72.6 cm³/mol. The SMILES string of the molecule is C=C(C)/C(CN=C(N)NC(C)=O)=C(C)\C=C/C. The molecule has 3 N–H and O–H groups in total. The van der Waals surface area contributed by atoms with Crippen LogP contribution in [0.5, 0.6) is 0 Å². The second kappa shape index (κ2) is 7.44. The van der Waals surface area contributed by atoms with Gasteiger partial charge in [0.15, 0.2) is 5.96 Å². The Hall–Kier alpha value is -1.84. The van der Waals surface area contributed by atoms with Gasteiger partial charge in [0, 0.05) is 6.92 Å². The number of nitrogens with one attached hydrogen (secondary N) is 1. The predicted octanol–water partition coefficient (Wildman–Crippen LogP) is 1.91. The number of nitrogens with zero attached hydrogens (tertiary/aromatic N) is 1. The zero-order chi connectivity index (χ0) is 13.4. The van der Waals surface area contributed by atoms with Crippen LogP contribution in [0.4, 0.5) is 0 Å². The topological polar surface area (TPSA) is 67.5 Å². The largest absolute Gasteiger partial charge is 0.370 e. The molecule has 4 heteroatoms. The van der Waals surface area contributed by atoms with Gasteiger partial charge in [-0.2, -0.15) is 0 Å². The van der Waals surface area contributed by atoms with Gasteiger partial charge in [0.05, 0.1) is 6.54 Å². The molecule has 0 aromatic rings. The molecule has 0 aliphatic heterocycles. The number of hydrogen-bond donors (Lipinski definition) is 2. The Morgan fingerprint density at radius 2 is 2.00 bits per heavy atom. The Morgan fingerprint density at radius 1 is 1.41 bits per heavy atom. The molecule has 0 unspecified atom stereocenters. The van der Waals surface area contributed by atoms with Crippen LogP contribution >= 0.6 is 0 Å². The van der Waals surface area contributed by atoms with Crippen LogP contribution in [0.2, 0.25) is 0 Å². The summed E-state index contributed by atoms with van der Waals surface area (Å²) in [6.45, 7) is 11.6. The lowest BCUT2D eigenvalue weighted by atomic mass is 10.0. The molecule has 0 bridgehead atoms. The summed E-state index contributed by atoms with van der Waals surface area (Å²) in [5.74, 6) is -0.0955. The minimum Gasteiger partial charge on any atom is -0.370 e. The number of guanidine groups is 1. The number of hydrogen-bond acceptors (Lipinski definition) is 2. The lowest BCUT2D eigenvalue weighted by molar-refractivity contribution is -0.117. The normalized spacial score (nSPS) is 13.5. The monoisotopic (exact) mass is 235 g/mol. The standard InChI is InChI=1S/C13H21N3O/c1-6-7-10(4)12(9(2)3)8-15-13(14)16-11(5)17/h6-7H,2,8H2,1,3-5H3,(H3,14,15,16,17)/b7-6-,12-10-. The number of carbonyl (C=O) groups is 1. The molecule has 0 saturated heterocycles. The van der Waals surface area contributed by atoms with Gasteiger partial charge < -0.3 is 5.73 Å². The first kappa shape index (κ1) is 15.2. The number of carbonyl (C=O) groups excluding carboxylic acids is 1. The van der Waals surface area contributed by atoms with Crippen LogP contribution in [0.1, 0.15) is 27.7 Å². The van der Waals surface area contributed by atoms with Gasteiger partial charge in [-0.1, -0.05) is 24.3 Å². The van der Waals surface area contributed by atoms with Gasteiger partial charge in [0.25, 0.3) is 0 Å². The Kier molecular flexibility index (Phi) is 6.63. The van der Waals surface area contributed by atoms with Crippen molar-refractivity contribution in [3.8, 4) is 0 Å². The summed E-state index contributed by atoms with van der Waals surface area (Å²) >= 11 is 0. The molecule has 0 aliphatic rings. The van der Waals surface area contributed by atoms with Crippen molar-refractivity contribution in [1.29, 1.82) is 0 Å². The minimum absolute atomic E-state index is 0.129. The number of aliphatic imine (C=N–C) groups is 1. The summed E-state index contributed by atoms with van der Waals surface area (Å²) in [5.41, 5.74) is 8.61. The lowest BCUT2D eigenvalue weighted by Gasteiger charge is -2.08. The highest BCUT2D eigenvalue weighted by Crippen LogP contribution is 2.14. The first-order chi connectivity index (χ1) is 7.88. The van der Waals surface area contributed by atoms with Gasteiger partial charge in [0.2, 0.25) is 5.91 Å². The average Bonchev–Trinajstić information content (AvgIpc) is 2.16. The van der Waals surface area contributed by atoms with Gasteiger partial charge in [-0.3, -0.25) is 10.1 Å². The second-order valence-corrected chi connectivity index (χ2v) is 3.82. The molecule has 94 valence electrons. The number of allylic oxidation sites excluding steroid dienone is 3. The van der Waals surface area contributed by atoms with Crippen molar-refractivity contribution in [2.45, 2.75) is 27.7 Å². The molecule has 17 heavy (non-hydrogen) atoms. The van der Waals surface area contributed by atoms with E-state index in [1.807, 2.05) is 32.9 Å². The van der Waals surface area contributed by atoms with E-state index in [9.17, 15) is 4.79 Å². The first-order valence-corrected chi connectivity index (χ1v) is 5.44. The fourth-order valence-corrected chi connectivity index (χ4v) is 1.33. The zero-order valence-corrected chi connectivity index (χ0v) is 11.0. The maximum atomic E-state index is 10.8. The smallest absolute Gasteiger partial charge is 0.223 e. The molecule has 0 aromatic heterocycles. The molecule has 0 heterocycles. The maximum Gasteiger partial charge on any atom is 0.223 e. The van der Waals surface area contributed by atoms with Crippen LogP contribution in [0.3, 0.4) is 0 Å². The molecule has 0 aliphatic carbocycles. The van der Waals surface area contributed by atoms with E-state index in [-0.39, 0.29) is 11.9 Å². The van der Waals surface area contributed by atoms with Crippen LogP contribution in [-0.4, -0.2) is 18.4 Å². The van der Waals surface area contributed by atoms with Crippen molar-refractivity contribution in [3.63, 3.8) is 0 Å². The van der Waals surface area contributed by atoms with E-state index in [1.165, 1.54) is 6.92 Å². The van der Waals surface area contributed by atoms with E-state index >= 15 is 0 Å². The van der Waals surface area contributed by atoms with Crippen molar-refractivity contribution in [2.75, 3.05) is 6.54 Å². The van der Waals surface area contributed by atoms with Gasteiger partial charge in [-0.25, -0.2) is 4.99 Å². The highest BCUT2D eigenvalue weighted by atomic mass is 16.1. The fourth-order valence-electron chi connectivity index (χ4n) is 1.33. The van der Waals surface area contributed by atoms with Gasteiger partial charge in [-0.05, 0) is 31.9 Å². The number of nitrogens with two attached hydrogens (primary N) is 1. The average molecular weight is 235 g/mol. The number of rotatable bonds is 4. The third kappa shape index (κ3) is 6.35. The summed E-state index contributed by atoms with van der Waals surface area (Å²) < 4.78 is 0. The minimum atomic E-state index is -0.225. The summed E-state index contributed by atoms with van der Waals surface area (Å²) in [5, 5.41) is 2.43. The van der Waals surface area contributed by atoms with Crippen LogP contribution in [0.15, 0.2) is 40.4 Å². The highest BCUT2D eigenvalue weighted by Gasteiger charge is 2.02. The van der Waals surface area contributed by atoms with E-state index in [1.54, 1.807) is 0 Å². The van der Waals surface area contributed by atoms with Gasteiger partial charge in [-0.15, -0.1) is 0 Å². The molecule has 0 fully saturated rings. The summed E-state index contributed by atoms with van der Waals surface area (Å²) in [6, 6.07) is 0. The molecule has 0 saturated carbocycles. The molecule has 0 aromatic carbocycles. The molecular weight excluding hydrogens is 214 g/mol. The molecule has 0 rings (SSSR count). The van der Waals surface area contributed by atoms with Crippen LogP contribution in [0.25, 0.3) is 0 Å². The van der Waals surface area contributed by atoms with Crippen molar-refractivity contribution < 1.29 is 4.79 Å². The van der Waals surface area contributed by atoms with Crippen LogP contribution in [-0.2, 0) is 4.79 Å². The third-order valence-electron chi connectivity index (χ3n) is 2.12. The number of amides is 1. The van der Waals surface area contributed by atoms with Crippen molar-refractivity contribution in [2.24, 2.45) is 10.7 Å². The Balaban J connectivity index is 4.86. The maximum absolute atomic E-state index is 10.8. The molecule has 4 nitrogen and oxygen atoms in total. The Bertz CT molecular complexity index is 389. The van der Waals surface area contributed by atoms with Crippen molar-refractivity contribution >= 4 is 11.9 Å². The van der Waals surface area contributed by atoms with Gasteiger partial charge in [0.1, 0.15) is 0 Å². The highest BCUT2D eigenvalue weighted by molar-refractivity contribution is 5.95. The van der Waals surface area contributed by atoms with E-state index in [0.29, 0.717) is 6.54 Å². The summed E-state index contributed by atoms with van der Waals surface area (Å²) in [4.78, 5) is 14.9. The third-order valence-corrected chi connectivity index (χ3v) is 2.12. The molecular formula is C13H21N3O. The molecule has 0 spiro atoms. The van der Waals surface area contributed by atoms with Gasteiger partial charge >= 0.3 is 0 Å².